The zero-order chi connectivity index (χ0) is 18.5. The first kappa shape index (κ1) is 20.5. The lowest BCUT2D eigenvalue weighted by Gasteiger charge is -2.23. The summed E-state index contributed by atoms with van der Waals surface area (Å²) in [5.74, 6) is -0.488. The van der Waals surface area contributed by atoms with Crippen molar-refractivity contribution >= 4 is 41.0 Å². The van der Waals surface area contributed by atoms with E-state index in [1.165, 1.54) is 0 Å². The Balaban J connectivity index is 0.00000261. The number of rotatable bonds is 6. The highest BCUT2D eigenvalue weighted by molar-refractivity contribution is 6.07. The highest BCUT2D eigenvalue weighted by atomic mass is 35.5. The Hall–Kier alpha value is -2.86. The van der Waals surface area contributed by atoms with Gasteiger partial charge in [0.2, 0.25) is 0 Å². The summed E-state index contributed by atoms with van der Waals surface area (Å²) >= 11 is 0. The van der Waals surface area contributed by atoms with Crippen LogP contribution >= 0.6 is 12.4 Å². The number of aryl methyl sites for hydroxylation is 1. The van der Waals surface area contributed by atoms with E-state index in [-0.39, 0.29) is 37.2 Å². The van der Waals surface area contributed by atoms with Gasteiger partial charge in [0, 0.05) is 17.8 Å². The minimum absolute atomic E-state index is 0. The zero-order valence-corrected chi connectivity index (χ0v) is 16.1. The number of esters is 1. The van der Waals surface area contributed by atoms with Crippen molar-refractivity contribution in [1.82, 2.24) is 9.97 Å². The third-order valence-electron chi connectivity index (χ3n) is 4.07. The summed E-state index contributed by atoms with van der Waals surface area (Å²) in [5.41, 5.74) is 3.93. The molecule has 0 aliphatic rings. The smallest absolute Gasteiger partial charge is 0.307 e. The number of imidazole rings is 1. The number of anilines is 1. The maximum Gasteiger partial charge on any atom is 0.307 e. The average molecular weight is 388 g/mol. The van der Waals surface area contributed by atoms with E-state index in [0.717, 1.165) is 22.3 Å². The molecule has 0 spiro atoms. The molecule has 0 aliphatic heterocycles. The van der Waals surface area contributed by atoms with E-state index in [9.17, 15) is 9.59 Å². The summed E-state index contributed by atoms with van der Waals surface area (Å²) in [4.78, 5) is 33.7. The predicted molar refractivity (Wildman–Crippen MR) is 107 cm³/mol. The number of benzene rings is 2. The van der Waals surface area contributed by atoms with Crippen LogP contribution in [0.5, 0.6) is 0 Å². The van der Waals surface area contributed by atoms with E-state index in [0.29, 0.717) is 12.2 Å². The molecule has 0 saturated heterocycles. The molecule has 0 fully saturated rings. The molecule has 1 amide bonds. The molecule has 6 nitrogen and oxygen atoms in total. The quantitative estimate of drug-likeness (QED) is 0.651. The monoisotopic (exact) mass is 387 g/mol. The number of carbonyl (C=O) groups is 2. The number of amides is 1. The van der Waals surface area contributed by atoms with Crippen molar-refractivity contribution in [1.29, 1.82) is 0 Å². The minimum Gasteiger partial charge on any atom is -0.466 e. The molecule has 0 unspecified atom stereocenters. The SMILES string of the molecule is CCOC(=O)CCN(C(=O)c1ccc2nc[nH]c2c1)c1cccc(C)c1.Cl. The van der Waals surface area contributed by atoms with E-state index in [1.54, 1.807) is 36.4 Å². The van der Waals surface area contributed by atoms with E-state index < -0.39 is 0 Å². The van der Waals surface area contributed by atoms with Crippen LogP contribution in [-0.2, 0) is 9.53 Å². The van der Waals surface area contributed by atoms with Gasteiger partial charge in [0.05, 0.1) is 30.4 Å². The lowest BCUT2D eigenvalue weighted by Crippen LogP contribution is -2.33. The molecule has 1 heterocycles. The van der Waals surface area contributed by atoms with Crippen molar-refractivity contribution in [2.45, 2.75) is 20.3 Å². The van der Waals surface area contributed by atoms with E-state index in [4.69, 9.17) is 4.74 Å². The first-order valence-corrected chi connectivity index (χ1v) is 8.56. The number of hydrogen-bond donors (Lipinski definition) is 1. The van der Waals surface area contributed by atoms with Gasteiger partial charge in [-0.1, -0.05) is 12.1 Å². The molecule has 0 atom stereocenters. The van der Waals surface area contributed by atoms with Crippen LogP contribution in [0.25, 0.3) is 11.0 Å². The van der Waals surface area contributed by atoms with Crippen LogP contribution < -0.4 is 4.90 Å². The van der Waals surface area contributed by atoms with Gasteiger partial charge in [-0.2, -0.15) is 0 Å². The Morgan fingerprint density at radius 3 is 2.74 bits per heavy atom. The molecule has 0 radical (unpaired) electrons. The topological polar surface area (TPSA) is 75.3 Å². The van der Waals surface area contributed by atoms with E-state index >= 15 is 0 Å². The third kappa shape index (κ3) is 4.86. The largest absolute Gasteiger partial charge is 0.466 e. The summed E-state index contributed by atoms with van der Waals surface area (Å²) in [7, 11) is 0. The molecule has 0 aliphatic carbocycles. The first-order valence-electron chi connectivity index (χ1n) is 8.56. The second kappa shape index (κ2) is 9.19. The predicted octanol–water partition coefficient (Wildman–Crippen LogP) is 3.89. The lowest BCUT2D eigenvalue weighted by atomic mass is 10.1. The summed E-state index contributed by atoms with van der Waals surface area (Å²) in [6, 6.07) is 13.0. The van der Waals surface area contributed by atoms with E-state index in [1.807, 2.05) is 31.2 Å². The zero-order valence-electron chi connectivity index (χ0n) is 15.3. The van der Waals surface area contributed by atoms with Gasteiger partial charge in [0.15, 0.2) is 0 Å². The second-order valence-electron chi connectivity index (χ2n) is 5.99. The van der Waals surface area contributed by atoms with Crippen molar-refractivity contribution in [3.63, 3.8) is 0 Å². The van der Waals surface area contributed by atoms with Gasteiger partial charge in [0.1, 0.15) is 0 Å². The number of fused-ring (bicyclic) bond motifs is 1. The Bertz CT molecular complexity index is 939. The average Bonchev–Trinajstić information content (AvgIpc) is 3.09. The molecule has 27 heavy (non-hydrogen) atoms. The standard InChI is InChI=1S/C20H21N3O3.ClH/c1-3-26-19(24)9-10-23(16-6-4-5-14(2)11-16)20(25)15-7-8-17-18(12-15)22-13-21-17;/h4-8,11-13H,3,9-10H2,1-2H3,(H,21,22);1H. The normalized spacial score (nSPS) is 10.3. The lowest BCUT2D eigenvalue weighted by molar-refractivity contribution is -0.142. The van der Waals surface area contributed by atoms with E-state index in [2.05, 4.69) is 9.97 Å². The molecule has 1 N–H and O–H groups in total. The number of nitrogens with zero attached hydrogens (tertiary/aromatic N) is 2. The van der Waals surface area contributed by atoms with Gasteiger partial charge in [0.25, 0.3) is 5.91 Å². The van der Waals surface area contributed by atoms with Crippen LogP contribution in [0.3, 0.4) is 0 Å². The van der Waals surface area contributed by atoms with Crippen molar-refractivity contribution in [3.8, 4) is 0 Å². The van der Waals surface area contributed by atoms with Crippen molar-refractivity contribution in [2.24, 2.45) is 0 Å². The van der Waals surface area contributed by atoms with Crippen LogP contribution in [0.15, 0.2) is 48.8 Å². The molecule has 142 valence electrons. The van der Waals surface area contributed by atoms with Gasteiger partial charge in [-0.05, 0) is 49.7 Å². The Morgan fingerprint density at radius 2 is 2.00 bits per heavy atom. The second-order valence-corrected chi connectivity index (χ2v) is 5.99. The van der Waals surface area contributed by atoms with Crippen LogP contribution in [-0.4, -0.2) is 35.0 Å². The third-order valence-corrected chi connectivity index (χ3v) is 4.07. The van der Waals surface area contributed by atoms with Crippen LogP contribution in [0.4, 0.5) is 5.69 Å². The summed E-state index contributed by atoms with van der Waals surface area (Å²) in [5, 5.41) is 0. The number of aromatic nitrogens is 2. The minimum atomic E-state index is -0.318. The van der Waals surface area contributed by atoms with Crippen LogP contribution in [0.1, 0.15) is 29.3 Å². The van der Waals surface area contributed by atoms with Crippen molar-refractivity contribution in [3.05, 3.63) is 59.9 Å². The summed E-state index contributed by atoms with van der Waals surface area (Å²) < 4.78 is 4.99. The molecule has 1 aromatic heterocycles. The highest BCUT2D eigenvalue weighted by Gasteiger charge is 2.20. The Labute approximate surface area is 164 Å². The van der Waals surface area contributed by atoms with Gasteiger partial charge in [-0.25, -0.2) is 4.98 Å². The summed E-state index contributed by atoms with van der Waals surface area (Å²) in [6.45, 7) is 4.31. The molecule has 0 saturated carbocycles. The van der Waals surface area contributed by atoms with Gasteiger partial charge in [-0.3, -0.25) is 9.59 Å². The maximum atomic E-state index is 13.1. The number of ether oxygens (including phenoxy) is 1. The Morgan fingerprint density at radius 1 is 1.19 bits per heavy atom. The number of aromatic amines is 1. The summed E-state index contributed by atoms with van der Waals surface area (Å²) in [6.07, 6.45) is 1.73. The fourth-order valence-corrected chi connectivity index (χ4v) is 2.80. The first-order chi connectivity index (χ1) is 12.6. The van der Waals surface area contributed by atoms with Gasteiger partial charge < -0.3 is 14.6 Å². The molecule has 2 aromatic carbocycles. The highest BCUT2D eigenvalue weighted by Crippen LogP contribution is 2.21. The molecular formula is C20H22ClN3O3. The number of halogens is 1. The van der Waals surface area contributed by atoms with Crippen LogP contribution in [0, 0.1) is 6.92 Å². The van der Waals surface area contributed by atoms with Crippen LogP contribution in [0.2, 0.25) is 0 Å². The fourth-order valence-electron chi connectivity index (χ4n) is 2.80. The fraction of sp³-hybridized carbons (Fsp3) is 0.250. The van der Waals surface area contributed by atoms with Crippen molar-refractivity contribution in [2.75, 3.05) is 18.1 Å². The molecule has 0 bridgehead atoms. The van der Waals surface area contributed by atoms with Gasteiger partial charge in [-0.15, -0.1) is 12.4 Å². The maximum absolute atomic E-state index is 13.1. The van der Waals surface area contributed by atoms with Crippen molar-refractivity contribution < 1.29 is 14.3 Å². The molecule has 3 rings (SSSR count). The number of H-pyrrole nitrogens is 1. The molecule has 7 heteroatoms. The van der Waals surface area contributed by atoms with Gasteiger partial charge >= 0.3 is 5.97 Å². The Kier molecular flexibility index (Phi) is 6.96. The molecular weight excluding hydrogens is 366 g/mol. The number of nitrogens with one attached hydrogen (secondary N) is 1. The molecule has 3 aromatic rings. The number of carbonyl (C=O) groups excluding carboxylic acids is 2. The number of hydrogen-bond acceptors (Lipinski definition) is 4.